The molecule has 0 saturated carbocycles. The maximum Gasteiger partial charge on any atom is 0.202 e. The molecule has 0 bridgehead atoms. The van der Waals surface area contributed by atoms with Crippen molar-refractivity contribution in [1.82, 2.24) is 9.97 Å². The van der Waals surface area contributed by atoms with E-state index in [2.05, 4.69) is 15.0 Å². The van der Waals surface area contributed by atoms with Gasteiger partial charge < -0.3 is 5.73 Å². The Hall–Kier alpha value is -2.95. The van der Waals surface area contributed by atoms with E-state index < -0.39 is 0 Å². The molecule has 2 N–H and O–H groups in total. The molecule has 0 saturated heterocycles. The summed E-state index contributed by atoms with van der Waals surface area (Å²) in [5.74, 6) is 1.13. The highest BCUT2D eigenvalue weighted by Crippen LogP contribution is 2.31. The zero-order valence-electron chi connectivity index (χ0n) is 15.1. The Kier molecular flexibility index (Phi) is 4.40. The number of aromatic nitrogens is 2. The van der Waals surface area contributed by atoms with Crippen LogP contribution in [-0.4, -0.2) is 21.5 Å². The van der Waals surface area contributed by atoms with Crippen molar-refractivity contribution in [3.05, 3.63) is 60.4 Å². The molecule has 3 aromatic rings. The minimum atomic E-state index is -0.297. The molecule has 0 atom stereocenters. The van der Waals surface area contributed by atoms with Crippen molar-refractivity contribution >= 4 is 28.4 Å². The second-order valence-electron chi connectivity index (χ2n) is 6.96. The summed E-state index contributed by atoms with van der Waals surface area (Å²) in [6, 6.07) is 15.8. The first-order valence-corrected chi connectivity index (χ1v) is 8.28. The third-order valence-corrected chi connectivity index (χ3v) is 3.62. The highest BCUT2D eigenvalue weighted by Gasteiger charge is 2.20. The predicted molar refractivity (Wildman–Crippen MR) is 104 cm³/mol. The lowest BCUT2D eigenvalue weighted by Gasteiger charge is -2.26. The summed E-state index contributed by atoms with van der Waals surface area (Å²) >= 11 is 0. The Morgan fingerprint density at radius 3 is 2.48 bits per heavy atom. The summed E-state index contributed by atoms with van der Waals surface area (Å²) < 4.78 is 0. The number of fused-ring (bicyclic) bond motifs is 1. The van der Waals surface area contributed by atoms with Gasteiger partial charge in [-0.15, -0.1) is 0 Å². The number of hydrogen-bond acceptors (Lipinski definition) is 3. The maximum absolute atomic E-state index is 6.42. The molecule has 0 fully saturated rings. The van der Waals surface area contributed by atoms with Gasteiger partial charge in [0.25, 0.3) is 0 Å². The number of rotatable bonds is 2. The SMILES string of the molecule is Cc1cc(N(C(N)=NC(C)(C)C)c2ccccn2)c2ccccc2n1. The van der Waals surface area contributed by atoms with Gasteiger partial charge in [0.15, 0.2) is 0 Å². The second kappa shape index (κ2) is 6.51. The van der Waals surface area contributed by atoms with Gasteiger partial charge in [0, 0.05) is 17.3 Å². The molecule has 25 heavy (non-hydrogen) atoms. The van der Waals surface area contributed by atoms with Crippen LogP contribution in [0.3, 0.4) is 0 Å². The fourth-order valence-corrected chi connectivity index (χ4v) is 2.71. The number of anilines is 2. The lowest BCUT2D eigenvalue weighted by molar-refractivity contribution is 0.581. The molecule has 3 rings (SSSR count). The second-order valence-corrected chi connectivity index (χ2v) is 6.96. The first kappa shape index (κ1) is 16.9. The van der Waals surface area contributed by atoms with Crippen LogP contribution < -0.4 is 10.6 Å². The Labute approximate surface area is 148 Å². The molecule has 1 aromatic carbocycles. The third-order valence-electron chi connectivity index (χ3n) is 3.62. The molecule has 128 valence electrons. The summed E-state index contributed by atoms with van der Waals surface area (Å²) in [5.41, 5.74) is 8.89. The van der Waals surface area contributed by atoms with Gasteiger partial charge in [0.05, 0.1) is 16.7 Å². The highest BCUT2D eigenvalue weighted by atomic mass is 15.3. The summed E-state index contributed by atoms with van der Waals surface area (Å²) in [6.45, 7) is 8.04. The van der Waals surface area contributed by atoms with E-state index in [9.17, 15) is 0 Å². The first-order chi connectivity index (χ1) is 11.8. The van der Waals surface area contributed by atoms with Crippen LogP contribution in [-0.2, 0) is 0 Å². The molecule has 2 aromatic heterocycles. The quantitative estimate of drug-likeness (QED) is 0.564. The van der Waals surface area contributed by atoms with Crippen molar-refractivity contribution in [3.63, 3.8) is 0 Å². The van der Waals surface area contributed by atoms with Gasteiger partial charge in [0.1, 0.15) is 5.82 Å². The molecule has 0 aliphatic rings. The predicted octanol–water partition coefficient (Wildman–Crippen LogP) is 4.19. The van der Waals surface area contributed by atoms with Crippen LogP contribution in [0.2, 0.25) is 0 Å². The van der Waals surface area contributed by atoms with E-state index in [-0.39, 0.29) is 5.54 Å². The number of para-hydroxylation sites is 1. The molecule has 0 radical (unpaired) electrons. The van der Waals surface area contributed by atoms with Gasteiger partial charge in [-0.05, 0) is 52.0 Å². The van der Waals surface area contributed by atoms with Gasteiger partial charge >= 0.3 is 0 Å². The van der Waals surface area contributed by atoms with E-state index in [0.29, 0.717) is 5.96 Å². The summed E-state index contributed by atoms with van der Waals surface area (Å²) in [4.78, 5) is 15.7. The maximum atomic E-state index is 6.42. The van der Waals surface area contributed by atoms with Crippen LogP contribution in [0.15, 0.2) is 59.7 Å². The molecule has 0 spiro atoms. The van der Waals surface area contributed by atoms with Crippen LogP contribution in [0.4, 0.5) is 11.5 Å². The minimum absolute atomic E-state index is 0.297. The van der Waals surface area contributed by atoms with Crippen molar-refractivity contribution < 1.29 is 0 Å². The van der Waals surface area contributed by atoms with E-state index >= 15 is 0 Å². The molecule has 2 heterocycles. The Balaban J connectivity index is 2.28. The topological polar surface area (TPSA) is 67.4 Å². The number of nitrogens with two attached hydrogens (primary N) is 1. The zero-order valence-corrected chi connectivity index (χ0v) is 15.1. The van der Waals surface area contributed by atoms with Crippen LogP contribution in [0.1, 0.15) is 26.5 Å². The van der Waals surface area contributed by atoms with Gasteiger partial charge in [-0.3, -0.25) is 9.88 Å². The van der Waals surface area contributed by atoms with Gasteiger partial charge in [-0.2, -0.15) is 0 Å². The van der Waals surface area contributed by atoms with Gasteiger partial charge in [-0.1, -0.05) is 24.3 Å². The Bertz CT molecular complexity index is 910. The van der Waals surface area contributed by atoms with Crippen molar-refractivity contribution in [2.24, 2.45) is 10.7 Å². The van der Waals surface area contributed by atoms with Gasteiger partial charge in [-0.25, -0.2) is 9.98 Å². The first-order valence-electron chi connectivity index (χ1n) is 8.28. The fourth-order valence-electron chi connectivity index (χ4n) is 2.71. The number of nitrogens with zero attached hydrogens (tertiary/aromatic N) is 4. The van der Waals surface area contributed by atoms with Crippen LogP contribution in [0.5, 0.6) is 0 Å². The zero-order chi connectivity index (χ0) is 18.0. The molecule has 0 aliphatic carbocycles. The van der Waals surface area contributed by atoms with Crippen LogP contribution in [0.25, 0.3) is 10.9 Å². The molecular weight excluding hydrogens is 310 g/mol. The molecule has 0 unspecified atom stereocenters. The molecule has 0 aliphatic heterocycles. The summed E-state index contributed by atoms with van der Waals surface area (Å²) in [5, 5.41) is 1.01. The largest absolute Gasteiger partial charge is 0.369 e. The van der Waals surface area contributed by atoms with E-state index in [1.165, 1.54) is 0 Å². The molecule has 0 amide bonds. The summed E-state index contributed by atoms with van der Waals surface area (Å²) in [7, 11) is 0. The Morgan fingerprint density at radius 2 is 1.80 bits per heavy atom. The molecule has 5 heteroatoms. The number of guanidine groups is 1. The molecule has 5 nitrogen and oxygen atoms in total. The van der Waals surface area contributed by atoms with E-state index in [1.807, 2.05) is 81.1 Å². The van der Waals surface area contributed by atoms with E-state index in [4.69, 9.17) is 5.73 Å². The van der Waals surface area contributed by atoms with E-state index in [0.717, 1.165) is 28.1 Å². The lowest BCUT2D eigenvalue weighted by Crippen LogP contribution is -2.36. The standard InChI is InChI=1S/C20H23N5/c1-14-13-17(15-9-5-6-10-16(15)23-14)25(18-11-7-8-12-22-18)19(21)24-20(2,3)4/h5-13H,1-4H3,(H2,21,24). The number of aliphatic imine (C=N–C) groups is 1. The number of aryl methyl sites for hydroxylation is 1. The number of pyridine rings is 2. The van der Waals surface area contributed by atoms with Crippen molar-refractivity contribution in [2.75, 3.05) is 4.90 Å². The van der Waals surface area contributed by atoms with Crippen molar-refractivity contribution in [3.8, 4) is 0 Å². The number of benzene rings is 1. The Morgan fingerprint density at radius 1 is 1.08 bits per heavy atom. The lowest BCUT2D eigenvalue weighted by atomic mass is 10.1. The fraction of sp³-hybridized carbons (Fsp3) is 0.250. The van der Waals surface area contributed by atoms with Gasteiger partial charge in [0.2, 0.25) is 5.96 Å². The highest BCUT2D eigenvalue weighted by molar-refractivity contribution is 6.08. The summed E-state index contributed by atoms with van der Waals surface area (Å²) in [6.07, 6.45) is 1.75. The minimum Gasteiger partial charge on any atom is -0.369 e. The van der Waals surface area contributed by atoms with Crippen LogP contribution in [0, 0.1) is 6.92 Å². The average molecular weight is 333 g/mol. The van der Waals surface area contributed by atoms with Crippen LogP contribution >= 0.6 is 0 Å². The molecular formula is C20H23N5. The van der Waals surface area contributed by atoms with Crippen molar-refractivity contribution in [1.29, 1.82) is 0 Å². The average Bonchev–Trinajstić information content (AvgIpc) is 2.54. The normalized spacial score (nSPS) is 12.4. The van der Waals surface area contributed by atoms with Crippen molar-refractivity contribution in [2.45, 2.75) is 33.2 Å². The third kappa shape index (κ3) is 3.76. The smallest absolute Gasteiger partial charge is 0.202 e. The monoisotopic (exact) mass is 333 g/mol. The van der Waals surface area contributed by atoms with E-state index in [1.54, 1.807) is 6.20 Å². The number of hydrogen-bond donors (Lipinski definition) is 1.